The van der Waals surface area contributed by atoms with E-state index in [0.29, 0.717) is 5.69 Å². The van der Waals surface area contributed by atoms with E-state index < -0.39 is 5.97 Å². The highest BCUT2D eigenvalue weighted by atomic mass is 16.4. The lowest BCUT2D eigenvalue weighted by molar-refractivity contribution is -0.111. The highest BCUT2D eigenvalue weighted by Crippen LogP contribution is 2.21. The summed E-state index contributed by atoms with van der Waals surface area (Å²) in [5.74, 6) is -1.93. The van der Waals surface area contributed by atoms with Gasteiger partial charge in [0, 0.05) is 11.8 Å². The number of aromatic hydroxyl groups is 1. The van der Waals surface area contributed by atoms with E-state index in [1.54, 1.807) is 13.8 Å². The third-order valence-corrected chi connectivity index (χ3v) is 1.91. The third kappa shape index (κ3) is 3.64. The maximum Gasteiger partial charge on any atom is 0.339 e. The molecule has 0 saturated heterocycles. The predicted octanol–water partition coefficient (Wildman–Crippen LogP) is 2.00. The first-order valence-electron chi connectivity index (χ1n) is 4.92. The number of carbonyl (C=O) groups excluding carboxylic acids is 1. The molecular weight excluding hydrogens is 222 g/mol. The van der Waals surface area contributed by atoms with Crippen LogP contribution in [0.1, 0.15) is 24.2 Å². The summed E-state index contributed by atoms with van der Waals surface area (Å²) in [4.78, 5) is 22.1. The summed E-state index contributed by atoms with van der Waals surface area (Å²) in [5, 5.41) is 20.6. The molecule has 1 amide bonds. The van der Waals surface area contributed by atoms with Gasteiger partial charge >= 0.3 is 5.97 Å². The third-order valence-electron chi connectivity index (χ3n) is 1.91. The van der Waals surface area contributed by atoms with Crippen LogP contribution in [0, 0.1) is 0 Å². The van der Waals surface area contributed by atoms with Gasteiger partial charge in [-0.1, -0.05) is 5.57 Å². The average Bonchev–Trinajstić information content (AvgIpc) is 2.19. The smallest absolute Gasteiger partial charge is 0.339 e. The lowest BCUT2D eigenvalue weighted by atomic mass is 10.1. The minimum atomic E-state index is -1.25. The molecule has 0 spiro atoms. The highest BCUT2D eigenvalue weighted by Gasteiger charge is 2.10. The summed E-state index contributed by atoms with van der Waals surface area (Å²) >= 11 is 0. The van der Waals surface area contributed by atoms with E-state index in [2.05, 4.69) is 5.32 Å². The molecule has 0 heterocycles. The number of allylic oxidation sites excluding steroid dienone is 1. The molecule has 0 unspecified atom stereocenters. The van der Waals surface area contributed by atoms with Crippen LogP contribution < -0.4 is 5.32 Å². The number of rotatable bonds is 3. The lowest BCUT2D eigenvalue weighted by Crippen LogP contribution is -2.09. The fourth-order valence-corrected chi connectivity index (χ4v) is 1.23. The number of hydrogen-bond acceptors (Lipinski definition) is 3. The van der Waals surface area contributed by atoms with Crippen molar-refractivity contribution in [3.05, 3.63) is 35.4 Å². The maximum atomic E-state index is 11.4. The van der Waals surface area contributed by atoms with Crippen molar-refractivity contribution in [1.82, 2.24) is 0 Å². The van der Waals surface area contributed by atoms with Gasteiger partial charge in [-0.25, -0.2) is 4.79 Å². The van der Waals surface area contributed by atoms with Crippen LogP contribution in [0.3, 0.4) is 0 Å². The van der Waals surface area contributed by atoms with Crippen LogP contribution in [0.5, 0.6) is 5.75 Å². The number of amides is 1. The Bertz CT molecular complexity index is 487. The SMILES string of the molecule is CC(C)=CC(=O)Nc1ccc(O)c(C(=O)O)c1. The van der Waals surface area contributed by atoms with Crippen LogP contribution in [-0.4, -0.2) is 22.1 Å². The van der Waals surface area contributed by atoms with E-state index in [1.807, 2.05) is 0 Å². The van der Waals surface area contributed by atoms with E-state index in [1.165, 1.54) is 24.3 Å². The van der Waals surface area contributed by atoms with E-state index in [4.69, 9.17) is 5.11 Å². The van der Waals surface area contributed by atoms with Crippen LogP contribution in [-0.2, 0) is 4.79 Å². The molecule has 17 heavy (non-hydrogen) atoms. The predicted molar refractivity (Wildman–Crippen MR) is 63.1 cm³/mol. The standard InChI is InChI=1S/C12H13NO4/c1-7(2)5-11(15)13-8-3-4-10(14)9(6-8)12(16)17/h3-6,14H,1-2H3,(H,13,15)(H,16,17). The number of carbonyl (C=O) groups is 2. The Morgan fingerprint density at radius 1 is 1.29 bits per heavy atom. The van der Waals surface area contributed by atoms with E-state index >= 15 is 0 Å². The second-order valence-electron chi connectivity index (χ2n) is 3.75. The molecule has 90 valence electrons. The first kappa shape index (κ1) is 12.8. The number of hydrogen-bond donors (Lipinski definition) is 3. The Labute approximate surface area is 98.4 Å². The molecule has 0 radical (unpaired) electrons. The number of carboxylic acids is 1. The molecule has 0 aromatic heterocycles. The molecule has 0 aliphatic carbocycles. The molecule has 1 aromatic rings. The second kappa shape index (κ2) is 5.16. The van der Waals surface area contributed by atoms with Gasteiger partial charge < -0.3 is 15.5 Å². The molecule has 5 nitrogen and oxygen atoms in total. The van der Waals surface area contributed by atoms with Crippen molar-refractivity contribution in [3.63, 3.8) is 0 Å². The van der Waals surface area contributed by atoms with Gasteiger partial charge in [-0.15, -0.1) is 0 Å². The topological polar surface area (TPSA) is 86.6 Å². The summed E-state index contributed by atoms with van der Waals surface area (Å²) < 4.78 is 0. The Kier molecular flexibility index (Phi) is 3.87. The fourth-order valence-electron chi connectivity index (χ4n) is 1.23. The summed E-state index contributed by atoms with van der Waals surface area (Å²) in [6, 6.07) is 3.86. The van der Waals surface area contributed by atoms with Crippen LogP contribution in [0.4, 0.5) is 5.69 Å². The zero-order valence-corrected chi connectivity index (χ0v) is 9.52. The Morgan fingerprint density at radius 3 is 2.47 bits per heavy atom. The van der Waals surface area contributed by atoms with Gasteiger partial charge in [0.1, 0.15) is 11.3 Å². The van der Waals surface area contributed by atoms with Gasteiger partial charge in [-0.3, -0.25) is 4.79 Å². The minimum Gasteiger partial charge on any atom is -0.507 e. The molecule has 0 saturated carbocycles. The second-order valence-corrected chi connectivity index (χ2v) is 3.75. The van der Waals surface area contributed by atoms with Crippen molar-refractivity contribution in [1.29, 1.82) is 0 Å². The molecule has 1 aromatic carbocycles. The van der Waals surface area contributed by atoms with Gasteiger partial charge in [0.2, 0.25) is 5.91 Å². The molecule has 0 aliphatic heterocycles. The van der Waals surface area contributed by atoms with Crippen molar-refractivity contribution in [2.45, 2.75) is 13.8 Å². The van der Waals surface area contributed by atoms with Crippen molar-refractivity contribution in [2.24, 2.45) is 0 Å². The molecule has 3 N–H and O–H groups in total. The minimum absolute atomic E-state index is 0.250. The lowest BCUT2D eigenvalue weighted by Gasteiger charge is -2.05. The van der Waals surface area contributed by atoms with Gasteiger partial charge in [-0.05, 0) is 32.0 Å². The first-order valence-corrected chi connectivity index (χ1v) is 4.92. The zero-order valence-electron chi connectivity index (χ0n) is 9.52. The number of nitrogens with one attached hydrogen (secondary N) is 1. The highest BCUT2D eigenvalue weighted by molar-refractivity contribution is 6.01. The summed E-state index contributed by atoms with van der Waals surface area (Å²) in [5.41, 5.74) is 0.905. The number of benzene rings is 1. The maximum absolute atomic E-state index is 11.4. The molecule has 5 heteroatoms. The molecule has 0 bridgehead atoms. The molecular formula is C12H13NO4. The molecule has 0 fully saturated rings. The van der Waals surface area contributed by atoms with Gasteiger partial charge in [0.25, 0.3) is 0 Å². The van der Waals surface area contributed by atoms with Crippen LogP contribution >= 0.6 is 0 Å². The normalized spacial score (nSPS) is 9.53. The van der Waals surface area contributed by atoms with Crippen molar-refractivity contribution < 1.29 is 19.8 Å². The molecule has 1 rings (SSSR count). The zero-order chi connectivity index (χ0) is 13.0. The van der Waals surface area contributed by atoms with Gasteiger partial charge in [0.15, 0.2) is 0 Å². The van der Waals surface area contributed by atoms with E-state index in [9.17, 15) is 14.7 Å². The average molecular weight is 235 g/mol. The van der Waals surface area contributed by atoms with Crippen LogP contribution in [0.25, 0.3) is 0 Å². The number of anilines is 1. The summed E-state index contributed by atoms with van der Waals surface area (Å²) in [6.07, 6.45) is 1.40. The fraction of sp³-hybridized carbons (Fsp3) is 0.167. The van der Waals surface area contributed by atoms with Crippen molar-refractivity contribution in [3.8, 4) is 5.75 Å². The number of phenols is 1. The number of carboxylic acid groups (broad SMARTS) is 1. The summed E-state index contributed by atoms with van der Waals surface area (Å²) in [7, 11) is 0. The quantitative estimate of drug-likeness (QED) is 0.552. The van der Waals surface area contributed by atoms with Gasteiger partial charge in [0.05, 0.1) is 0 Å². The van der Waals surface area contributed by atoms with Gasteiger partial charge in [-0.2, -0.15) is 0 Å². The van der Waals surface area contributed by atoms with Crippen LogP contribution in [0.2, 0.25) is 0 Å². The number of aromatic carboxylic acids is 1. The van der Waals surface area contributed by atoms with E-state index in [-0.39, 0.29) is 17.2 Å². The van der Waals surface area contributed by atoms with Crippen LogP contribution in [0.15, 0.2) is 29.8 Å². The van der Waals surface area contributed by atoms with E-state index in [0.717, 1.165) is 5.57 Å². The van der Waals surface area contributed by atoms with Crippen molar-refractivity contribution >= 4 is 17.6 Å². The summed E-state index contributed by atoms with van der Waals surface area (Å²) in [6.45, 7) is 3.55. The monoisotopic (exact) mass is 235 g/mol. The Morgan fingerprint density at radius 2 is 1.94 bits per heavy atom. The first-order chi connectivity index (χ1) is 7.90. The van der Waals surface area contributed by atoms with Crippen molar-refractivity contribution in [2.75, 3.05) is 5.32 Å². The largest absolute Gasteiger partial charge is 0.507 e. The molecule has 0 atom stereocenters. The Hall–Kier alpha value is -2.30. The Balaban J connectivity index is 2.94. The molecule has 0 aliphatic rings.